The van der Waals surface area contributed by atoms with E-state index >= 15 is 0 Å². The number of ketones is 1. The number of nitrogen functional groups attached to an aromatic ring is 1. The SMILES string of the molecule is Nc1ccccc1C1=CCCCC1=O. The Balaban J connectivity index is 2.44. The zero-order chi connectivity index (χ0) is 9.97. The van der Waals surface area contributed by atoms with Gasteiger partial charge in [0.15, 0.2) is 5.78 Å². The molecular weight excluding hydrogens is 174 g/mol. The first kappa shape index (κ1) is 9.00. The number of nitrogens with two attached hydrogens (primary N) is 1. The first-order valence-corrected chi connectivity index (χ1v) is 4.87. The van der Waals surface area contributed by atoms with Crippen LogP contribution in [0.2, 0.25) is 0 Å². The van der Waals surface area contributed by atoms with E-state index < -0.39 is 0 Å². The molecule has 0 spiro atoms. The standard InChI is InChI=1S/C12H13NO/c13-11-7-3-1-5-9(11)10-6-2-4-8-12(10)14/h1,3,5-7H,2,4,8,13H2. The van der Waals surface area contributed by atoms with Crippen LogP contribution in [0.5, 0.6) is 0 Å². The van der Waals surface area contributed by atoms with Crippen molar-refractivity contribution < 1.29 is 4.79 Å². The van der Waals surface area contributed by atoms with Gasteiger partial charge in [0.25, 0.3) is 0 Å². The molecule has 0 atom stereocenters. The fourth-order valence-corrected chi connectivity index (χ4v) is 1.76. The van der Waals surface area contributed by atoms with Crippen molar-refractivity contribution in [1.82, 2.24) is 0 Å². The molecule has 0 bridgehead atoms. The predicted molar refractivity (Wildman–Crippen MR) is 57.7 cm³/mol. The molecule has 1 aliphatic rings. The van der Waals surface area contributed by atoms with E-state index in [2.05, 4.69) is 0 Å². The molecule has 14 heavy (non-hydrogen) atoms. The molecule has 0 radical (unpaired) electrons. The summed E-state index contributed by atoms with van der Waals surface area (Å²) in [6.07, 6.45) is 4.60. The van der Waals surface area contributed by atoms with Gasteiger partial charge in [-0.2, -0.15) is 0 Å². The van der Waals surface area contributed by atoms with Crippen LogP contribution in [0.4, 0.5) is 5.69 Å². The highest BCUT2D eigenvalue weighted by Gasteiger charge is 2.16. The first-order chi connectivity index (χ1) is 6.79. The Labute approximate surface area is 83.4 Å². The Morgan fingerprint density at radius 1 is 1.21 bits per heavy atom. The zero-order valence-corrected chi connectivity index (χ0v) is 7.99. The maximum Gasteiger partial charge on any atom is 0.163 e. The highest BCUT2D eigenvalue weighted by molar-refractivity contribution is 6.22. The van der Waals surface area contributed by atoms with Gasteiger partial charge in [-0.3, -0.25) is 4.79 Å². The topological polar surface area (TPSA) is 43.1 Å². The highest BCUT2D eigenvalue weighted by Crippen LogP contribution is 2.27. The Hall–Kier alpha value is -1.57. The Morgan fingerprint density at radius 3 is 2.71 bits per heavy atom. The predicted octanol–water partition coefficient (Wildman–Crippen LogP) is 2.41. The van der Waals surface area contributed by atoms with Crippen LogP contribution in [0.15, 0.2) is 30.3 Å². The van der Waals surface area contributed by atoms with Crippen LogP contribution < -0.4 is 5.73 Å². The molecule has 0 aliphatic heterocycles. The van der Waals surface area contributed by atoms with E-state index in [9.17, 15) is 4.79 Å². The monoisotopic (exact) mass is 187 g/mol. The summed E-state index contributed by atoms with van der Waals surface area (Å²) < 4.78 is 0. The maximum absolute atomic E-state index is 11.6. The summed E-state index contributed by atoms with van der Waals surface area (Å²) in [6.45, 7) is 0. The van der Waals surface area contributed by atoms with E-state index in [1.807, 2.05) is 30.3 Å². The molecule has 0 saturated carbocycles. The van der Waals surface area contributed by atoms with Crippen LogP contribution in [0.25, 0.3) is 5.57 Å². The lowest BCUT2D eigenvalue weighted by Crippen LogP contribution is -2.07. The molecule has 2 heteroatoms. The molecule has 0 aromatic heterocycles. The van der Waals surface area contributed by atoms with Crippen molar-refractivity contribution in [2.75, 3.05) is 5.73 Å². The van der Waals surface area contributed by atoms with Crippen molar-refractivity contribution in [3.8, 4) is 0 Å². The van der Waals surface area contributed by atoms with E-state index in [0.29, 0.717) is 12.1 Å². The zero-order valence-electron chi connectivity index (χ0n) is 7.99. The molecule has 0 unspecified atom stereocenters. The second-order valence-corrected chi connectivity index (χ2v) is 3.52. The van der Waals surface area contributed by atoms with E-state index in [1.54, 1.807) is 0 Å². The molecule has 2 N–H and O–H groups in total. The van der Waals surface area contributed by atoms with Gasteiger partial charge in [0.1, 0.15) is 0 Å². The summed E-state index contributed by atoms with van der Waals surface area (Å²) >= 11 is 0. The first-order valence-electron chi connectivity index (χ1n) is 4.87. The van der Waals surface area contributed by atoms with E-state index in [1.165, 1.54) is 0 Å². The average molecular weight is 187 g/mol. The maximum atomic E-state index is 11.6. The Morgan fingerprint density at radius 2 is 2.00 bits per heavy atom. The number of carbonyl (C=O) groups excluding carboxylic acids is 1. The van der Waals surface area contributed by atoms with Crippen LogP contribution in [-0.2, 0) is 4.79 Å². The lowest BCUT2D eigenvalue weighted by molar-refractivity contribution is -0.114. The summed E-state index contributed by atoms with van der Waals surface area (Å²) in [5.74, 6) is 0.217. The third-order valence-corrected chi connectivity index (χ3v) is 2.51. The minimum atomic E-state index is 0.217. The number of rotatable bonds is 1. The second kappa shape index (κ2) is 3.66. The van der Waals surface area contributed by atoms with Gasteiger partial charge in [0, 0.05) is 23.2 Å². The van der Waals surface area contributed by atoms with Gasteiger partial charge in [-0.15, -0.1) is 0 Å². The van der Waals surface area contributed by atoms with Gasteiger partial charge in [0.05, 0.1) is 0 Å². The van der Waals surface area contributed by atoms with Crippen molar-refractivity contribution in [2.24, 2.45) is 0 Å². The van der Waals surface area contributed by atoms with Gasteiger partial charge in [-0.25, -0.2) is 0 Å². The molecule has 0 amide bonds. The summed E-state index contributed by atoms with van der Waals surface area (Å²) in [6, 6.07) is 7.53. The minimum absolute atomic E-state index is 0.217. The molecular formula is C12H13NO. The number of para-hydroxylation sites is 1. The lowest BCUT2D eigenvalue weighted by atomic mass is 9.92. The van der Waals surface area contributed by atoms with Gasteiger partial charge in [0.2, 0.25) is 0 Å². The summed E-state index contributed by atoms with van der Waals surface area (Å²) in [4.78, 5) is 11.6. The summed E-state index contributed by atoms with van der Waals surface area (Å²) in [5.41, 5.74) is 8.20. The molecule has 0 heterocycles. The van der Waals surface area contributed by atoms with Gasteiger partial charge < -0.3 is 5.73 Å². The lowest BCUT2D eigenvalue weighted by Gasteiger charge is -2.13. The molecule has 1 aromatic rings. The minimum Gasteiger partial charge on any atom is -0.398 e. The van der Waals surface area contributed by atoms with Crippen molar-refractivity contribution in [1.29, 1.82) is 0 Å². The number of Topliss-reactive ketones (excluding diaryl/α,β-unsaturated/α-hetero) is 1. The van der Waals surface area contributed by atoms with Crippen LogP contribution >= 0.6 is 0 Å². The molecule has 72 valence electrons. The molecule has 1 aromatic carbocycles. The number of anilines is 1. The van der Waals surface area contributed by atoms with E-state index in [-0.39, 0.29) is 5.78 Å². The molecule has 2 rings (SSSR count). The molecule has 0 fully saturated rings. The number of hydrogen-bond acceptors (Lipinski definition) is 2. The van der Waals surface area contributed by atoms with Crippen molar-refractivity contribution >= 4 is 17.0 Å². The van der Waals surface area contributed by atoms with Crippen LogP contribution in [0.1, 0.15) is 24.8 Å². The Kier molecular flexibility index (Phi) is 2.35. The van der Waals surface area contributed by atoms with Gasteiger partial charge in [-0.05, 0) is 18.9 Å². The fraction of sp³-hybridized carbons (Fsp3) is 0.250. The normalized spacial score (nSPS) is 16.6. The average Bonchev–Trinajstić information content (AvgIpc) is 2.20. The summed E-state index contributed by atoms with van der Waals surface area (Å²) in [5, 5.41) is 0. The van der Waals surface area contributed by atoms with E-state index in [4.69, 9.17) is 5.73 Å². The fourth-order valence-electron chi connectivity index (χ4n) is 1.76. The summed E-state index contributed by atoms with van der Waals surface area (Å²) in [7, 11) is 0. The third-order valence-electron chi connectivity index (χ3n) is 2.51. The number of allylic oxidation sites excluding steroid dienone is 2. The van der Waals surface area contributed by atoms with Crippen molar-refractivity contribution in [2.45, 2.75) is 19.3 Å². The van der Waals surface area contributed by atoms with Crippen molar-refractivity contribution in [3.05, 3.63) is 35.9 Å². The number of benzene rings is 1. The van der Waals surface area contributed by atoms with Crippen LogP contribution in [-0.4, -0.2) is 5.78 Å². The quantitative estimate of drug-likeness (QED) is 0.686. The highest BCUT2D eigenvalue weighted by atomic mass is 16.1. The molecule has 0 saturated heterocycles. The van der Waals surface area contributed by atoms with Crippen LogP contribution in [0, 0.1) is 0 Å². The third kappa shape index (κ3) is 1.55. The number of carbonyl (C=O) groups is 1. The van der Waals surface area contributed by atoms with Gasteiger partial charge >= 0.3 is 0 Å². The van der Waals surface area contributed by atoms with Crippen molar-refractivity contribution in [3.63, 3.8) is 0 Å². The molecule has 2 nitrogen and oxygen atoms in total. The largest absolute Gasteiger partial charge is 0.398 e. The van der Waals surface area contributed by atoms with E-state index in [0.717, 1.165) is 24.0 Å². The number of hydrogen-bond donors (Lipinski definition) is 1. The van der Waals surface area contributed by atoms with Gasteiger partial charge in [-0.1, -0.05) is 24.3 Å². The second-order valence-electron chi connectivity index (χ2n) is 3.52. The molecule has 1 aliphatic carbocycles. The Bertz CT molecular complexity index is 393. The van der Waals surface area contributed by atoms with Crippen LogP contribution in [0.3, 0.4) is 0 Å². The smallest absolute Gasteiger partial charge is 0.163 e.